The van der Waals surface area contributed by atoms with Crippen molar-refractivity contribution in [3.05, 3.63) is 198 Å². The van der Waals surface area contributed by atoms with Gasteiger partial charge in [0.15, 0.2) is 17.5 Å². The number of benzene rings is 6. The average molecular weight is 707 g/mol. The normalized spacial score (nSPS) is 15.4. The summed E-state index contributed by atoms with van der Waals surface area (Å²) in [6.45, 7) is 4.67. The Morgan fingerprint density at radius 1 is 0.491 bits per heavy atom. The summed E-state index contributed by atoms with van der Waals surface area (Å²) in [7, 11) is 0. The molecule has 2 heterocycles. The molecule has 6 aromatic carbocycles. The SMILES string of the molecule is CC1(C)c2ccccc2-c2cc3c(-c4cccc(-c5nc(-c6ccccc6)nc(-c6ccccc6)n5)c4)cc(C4=CC=CCC4c4ccccc4)nc3cc21. The van der Waals surface area contributed by atoms with E-state index in [2.05, 4.69) is 129 Å². The fourth-order valence-electron chi connectivity index (χ4n) is 8.47. The highest BCUT2D eigenvalue weighted by atomic mass is 15.0. The van der Waals surface area contributed by atoms with E-state index in [4.69, 9.17) is 19.9 Å². The highest BCUT2D eigenvalue weighted by Crippen LogP contribution is 2.51. The van der Waals surface area contributed by atoms with Crippen molar-refractivity contribution in [3.8, 4) is 56.4 Å². The Bertz CT molecular complexity index is 2740. The molecule has 2 aromatic heterocycles. The van der Waals surface area contributed by atoms with Gasteiger partial charge in [-0.2, -0.15) is 0 Å². The minimum absolute atomic E-state index is 0.136. The van der Waals surface area contributed by atoms with Crippen LogP contribution in [-0.2, 0) is 5.41 Å². The van der Waals surface area contributed by atoms with Crippen molar-refractivity contribution in [3.63, 3.8) is 0 Å². The molecule has 1 unspecified atom stereocenters. The number of aromatic nitrogens is 4. The van der Waals surface area contributed by atoms with E-state index in [1.165, 1.54) is 33.4 Å². The summed E-state index contributed by atoms with van der Waals surface area (Å²) in [5.74, 6) is 2.14. The summed E-state index contributed by atoms with van der Waals surface area (Å²) >= 11 is 0. The summed E-state index contributed by atoms with van der Waals surface area (Å²) in [5, 5.41) is 1.13. The maximum atomic E-state index is 5.50. The van der Waals surface area contributed by atoms with Crippen molar-refractivity contribution in [2.24, 2.45) is 0 Å². The number of hydrogen-bond acceptors (Lipinski definition) is 4. The molecule has 0 radical (unpaired) electrons. The van der Waals surface area contributed by atoms with E-state index in [1.54, 1.807) is 0 Å². The number of fused-ring (bicyclic) bond motifs is 4. The smallest absolute Gasteiger partial charge is 0.164 e. The highest BCUT2D eigenvalue weighted by molar-refractivity contribution is 6.01. The average Bonchev–Trinajstić information content (AvgIpc) is 3.48. The first-order valence-corrected chi connectivity index (χ1v) is 19.0. The van der Waals surface area contributed by atoms with Crippen LogP contribution in [0.15, 0.2) is 176 Å². The molecule has 2 aliphatic rings. The van der Waals surface area contributed by atoms with Crippen molar-refractivity contribution in [1.82, 2.24) is 19.9 Å². The van der Waals surface area contributed by atoms with Gasteiger partial charge in [0.05, 0.1) is 11.2 Å². The van der Waals surface area contributed by atoms with Crippen LogP contribution in [0.1, 0.15) is 48.6 Å². The van der Waals surface area contributed by atoms with Gasteiger partial charge in [0.2, 0.25) is 0 Å². The number of pyridine rings is 1. The molecule has 1 atom stereocenters. The molecule has 0 saturated heterocycles. The van der Waals surface area contributed by atoms with Gasteiger partial charge in [-0.05, 0) is 75.2 Å². The van der Waals surface area contributed by atoms with E-state index in [0.717, 1.165) is 50.8 Å². The van der Waals surface area contributed by atoms with E-state index in [9.17, 15) is 0 Å². The number of nitrogens with zero attached hydrogens (tertiary/aromatic N) is 4. The van der Waals surface area contributed by atoms with Crippen LogP contribution in [0.5, 0.6) is 0 Å². The molecule has 4 heteroatoms. The van der Waals surface area contributed by atoms with Crippen LogP contribution >= 0.6 is 0 Å². The van der Waals surface area contributed by atoms with Crippen LogP contribution in [0.2, 0.25) is 0 Å². The van der Waals surface area contributed by atoms with Crippen LogP contribution in [0.3, 0.4) is 0 Å². The molecule has 0 bridgehead atoms. The second kappa shape index (κ2) is 13.3. The molecule has 262 valence electrons. The first-order valence-electron chi connectivity index (χ1n) is 19.0. The van der Waals surface area contributed by atoms with Gasteiger partial charge >= 0.3 is 0 Å². The van der Waals surface area contributed by atoms with Crippen molar-refractivity contribution in [1.29, 1.82) is 0 Å². The summed E-state index contributed by atoms with van der Waals surface area (Å²) in [6.07, 6.45) is 7.63. The van der Waals surface area contributed by atoms with Crippen molar-refractivity contribution in [2.45, 2.75) is 31.6 Å². The summed E-state index contributed by atoms with van der Waals surface area (Å²) in [5.41, 5.74) is 14.7. The largest absolute Gasteiger partial charge is 0.248 e. The topological polar surface area (TPSA) is 51.6 Å². The van der Waals surface area contributed by atoms with Crippen LogP contribution in [0, 0.1) is 0 Å². The standard InChI is InChI=1S/C51H38N4/c1-51(2)44-28-15-14-26-39(44)42-30-43-41(31-46(52-47(43)32-45(42)51)40-27-13-12-25-38(40)33-17-6-3-7-18-33)36-23-16-24-37(29-36)50-54-48(34-19-8-4-9-20-34)53-49(55-50)35-21-10-5-11-22-35/h3-24,26-32,38H,25H2,1-2H3. The molecular weight excluding hydrogens is 669 g/mol. The highest BCUT2D eigenvalue weighted by Gasteiger charge is 2.36. The summed E-state index contributed by atoms with van der Waals surface area (Å²) in [6, 6.07) is 55.6. The summed E-state index contributed by atoms with van der Waals surface area (Å²) < 4.78 is 0. The van der Waals surface area contributed by atoms with Gasteiger partial charge < -0.3 is 0 Å². The molecule has 0 aliphatic heterocycles. The lowest BCUT2D eigenvalue weighted by molar-refractivity contribution is 0.661. The maximum absolute atomic E-state index is 5.50. The number of rotatable bonds is 6. The summed E-state index contributed by atoms with van der Waals surface area (Å²) in [4.78, 5) is 20.6. The van der Waals surface area contributed by atoms with E-state index in [1.807, 2.05) is 60.7 Å². The Balaban J connectivity index is 1.19. The molecule has 4 nitrogen and oxygen atoms in total. The zero-order valence-electron chi connectivity index (χ0n) is 30.8. The molecule has 10 rings (SSSR count). The predicted octanol–water partition coefficient (Wildman–Crippen LogP) is 12.5. The molecule has 0 N–H and O–H groups in total. The van der Waals surface area contributed by atoms with Gasteiger partial charge in [-0.1, -0.05) is 166 Å². The van der Waals surface area contributed by atoms with E-state index >= 15 is 0 Å². The lowest BCUT2D eigenvalue weighted by Gasteiger charge is -2.24. The minimum atomic E-state index is -0.136. The van der Waals surface area contributed by atoms with Crippen molar-refractivity contribution < 1.29 is 0 Å². The molecule has 8 aromatic rings. The van der Waals surface area contributed by atoms with E-state index < -0.39 is 0 Å². The van der Waals surface area contributed by atoms with Crippen LogP contribution in [0.25, 0.3) is 72.9 Å². The Morgan fingerprint density at radius 3 is 1.80 bits per heavy atom. The zero-order chi connectivity index (χ0) is 36.9. The fourth-order valence-corrected chi connectivity index (χ4v) is 8.47. The van der Waals surface area contributed by atoms with Crippen LogP contribution in [-0.4, -0.2) is 19.9 Å². The van der Waals surface area contributed by atoms with Gasteiger partial charge in [-0.25, -0.2) is 19.9 Å². The van der Waals surface area contributed by atoms with E-state index in [0.29, 0.717) is 17.5 Å². The molecular formula is C51H38N4. The molecule has 55 heavy (non-hydrogen) atoms. The van der Waals surface area contributed by atoms with Crippen LogP contribution in [0.4, 0.5) is 0 Å². The van der Waals surface area contributed by atoms with Crippen LogP contribution < -0.4 is 0 Å². The third-order valence-corrected chi connectivity index (χ3v) is 11.3. The van der Waals surface area contributed by atoms with Gasteiger partial charge in [0.1, 0.15) is 0 Å². The molecule has 0 fully saturated rings. The Morgan fingerprint density at radius 2 is 1.09 bits per heavy atom. The Hall–Kier alpha value is -6.78. The van der Waals surface area contributed by atoms with E-state index in [-0.39, 0.29) is 11.3 Å². The third-order valence-electron chi connectivity index (χ3n) is 11.3. The lowest BCUT2D eigenvalue weighted by Crippen LogP contribution is -2.15. The minimum Gasteiger partial charge on any atom is -0.248 e. The molecule has 0 saturated carbocycles. The van der Waals surface area contributed by atoms with Gasteiger partial charge in [-0.15, -0.1) is 0 Å². The second-order valence-electron chi connectivity index (χ2n) is 15.0. The van der Waals surface area contributed by atoms with Gasteiger partial charge in [-0.3, -0.25) is 0 Å². The first-order chi connectivity index (χ1) is 27.0. The lowest BCUT2D eigenvalue weighted by atomic mass is 9.81. The number of allylic oxidation sites excluding steroid dienone is 4. The second-order valence-corrected chi connectivity index (χ2v) is 15.0. The number of hydrogen-bond donors (Lipinski definition) is 0. The maximum Gasteiger partial charge on any atom is 0.164 e. The zero-order valence-corrected chi connectivity index (χ0v) is 30.8. The monoisotopic (exact) mass is 706 g/mol. The Kier molecular flexibility index (Phi) is 7.92. The van der Waals surface area contributed by atoms with Gasteiger partial charge in [0, 0.05) is 33.4 Å². The van der Waals surface area contributed by atoms with Crippen molar-refractivity contribution >= 4 is 16.5 Å². The predicted molar refractivity (Wildman–Crippen MR) is 225 cm³/mol. The van der Waals surface area contributed by atoms with Crippen molar-refractivity contribution in [2.75, 3.05) is 0 Å². The van der Waals surface area contributed by atoms with Gasteiger partial charge in [0.25, 0.3) is 0 Å². The fraction of sp³-hybridized carbons (Fsp3) is 0.0980. The third kappa shape index (κ3) is 5.78. The Labute approximate surface area is 321 Å². The molecule has 2 aliphatic carbocycles. The molecule has 0 spiro atoms. The quantitative estimate of drug-likeness (QED) is 0.173. The first kappa shape index (κ1) is 32.8. The molecule has 0 amide bonds.